The highest BCUT2D eigenvalue weighted by atomic mass is 31.2. The maximum atomic E-state index is 12.6. The second kappa shape index (κ2) is 20.3. The number of phosphoric acid groups is 1. The summed E-state index contributed by atoms with van der Waals surface area (Å²) in [7, 11) is -5.29. The molecule has 5 aliphatic heterocycles. The molecule has 0 bridgehead atoms. The normalized spacial score (nSPS) is 50.6. The molecule has 5 rings (SSSR count). The van der Waals surface area contributed by atoms with Crippen molar-refractivity contribution >= 4 is 13.7 Å². The van der Waals surface area contributed by atoms with E-state index in [0.717, 1.165) is 6.92 Å². The first-order valence-corrected chi connectivity index (χ1v) is 20.4. The fraction of sp³-hybridized carbons (Fsp3) is 0.969. The van der Waals surface area contributed by atoms with E-state index in [1.54, 1.807) is 0 Å². The Balaban J connectivity index is 1.39. The molecule has 0 aliphatic carbocycles. The average molecular weight is 902 g/mol. The lowest BCUT2D eigenvalue weighted by Crippen LogP contribution is -2.70. The molecule has 15 N–H and O–H groups in total. The summed E-state index contributed by atoms with van der Waals surface area (Å²) in [4.78, 5) is 31.1. The molecule has 0 saturated carbocycles. The summed E-state index contributed by atoms with van der Waals surface area (Å²) < 4.78 is 67.2. The highest BCUT2D eigenvalue weighted by Gasteiger charge is 2.57. The first-order chi connectivity index (χ1) is 28.0. The van der Waals surface area contributed by atoms with Crippen LogP contribution in [0.25, 0.3) is 0 Å². The minimum atomic E-state index is -5.29. The van der Waals surface area contributed by atoms with Gasteiger partial charge in [-0.15, -0.1) is 0 Å². The van der Waals surface area contributed by atoms with Crippen molar-refractivity contribution in [1.82, 2.24) is 5.32 Å². The van der Waals surface area contributed by atoms with Gasteiger partial charge in [0.1, 0.15) is 104 Å². The third-order valence-electron chi connectivity index (χ3n) is 10.8. The second-order valence-corrected chi connectivity index (χ2v) is 16.4. The number of aliphatic hydroxyl groups excluding tert-OH is 12. The van der Waals surface area contributed by atoms with Gasteiger partial charge in [-0.3, -0.25) is 9.32 Å². The molecule has 5 fully saturated rings. The van der Waals surface area contributed by atoms with Crippen molar-refractivity contribution < 1.29 is 128 Å². The topological polar surface area (TPSA) is 422 Å². The van der Waals surface area contributed by atoms with E-state index in [4.69, 9.17) is 42.6 Å². The Morgan fingerprint density at radius 3 is 1.57 bits per heavy atom. The summed E-state index contributed by atoms with van der Waals surface area (Å²) in [6, 6.07) is -1.66. The minimum Gasteiger partial charge on any atom is -0.394 e. The molecule has 1 amide bonds. The van der Waals surface area contributed by atoms with Gasteiger partial charge in [-0.2, -0.15) is 0 Å². The van der Waals surface area contributed by atoms with Gasteiger partial charge in [-0.05, 0) is 20.8 Å². The van der Waals surface area contributed by atoms with E-state index in [2.05, 4.69) is 9.84 Å². The molecule has 60 heavy (non-hydrogen) atoms. The number of ether oxygens (including phenoxy) is 9. The van der Waals surface area contributed by atoms with Crippen molar-refractivity contribution in [2.75, 3.05) is 13.2 Å². The highest BCUT2D eigenvalue weighted by molar-refractivity contribution is 7.46. The SMILES string of the molecule is CC(=O)N[C@H]1[C@H](O[C@H]2[C@H](O[C@H]3O[C@H](C)[C@H](O)[C@H](O)[C@@H]3O)[C@H](O)[C@H](C)O[C@@H]2O)O[C@H](CO)[C@@H](O)[C@@H]1O[C@@H]1O[C@@H](C)[C@@H](O)[C@@H](O[C@H]2O[C@H](CO)[C@@H](OP(=O)(O)O)[C@H](O)[C@H]2O)[C@@H]1O. The van der Waals surface area contributed by atoms with Gasteiger partial charge < -0.3 is 119 Å². The zero-order valence-corrected chi connectivity index (χ0v) is 33.3. The third kappa shape index (κ3) is 10.8. The smallest absolute Gasteiger partial charge is 0.394 e. The summed E-state index contributed by atoms with van der Waals surface area (Å²) in [5.41, 5.74) is 0. The zero-order valence-electron chi connectivity index (χ0n) is 32.5. The van der Waals surface area contributed by atoms with Crippen LogP contribution < -0.4 is 5.32 Å². The largest absolute Gasteiger partial charge is 0.470 e. The number of hydrogen-bond acceptors (Lipinski definition) is 24. The maximum Gasteiger partial charge on any atom is 0.470 e. The van der Waals surface area contributed by atoms with Crippen molar-refractivity contribution in [2.24, 2.45) is 0 Å². The molecule has 0 aromatic carbocycles. The number of phosphoric ester groups is 1. The van der Waals surface area contributed by atoms with Gasteiger partial charge in [0.15, 0.2) is 31.5 Å². The van der Waals surface area contributed by atoms with Crippen LogP contribution in [0, 0.1) is 0 Å². The summed E-state index contributed by atoms with van der Waals surface area (Å²) in [5.74, 6) is -0.792. The zero-order chi connectivity index (χ0) is 44.7. The lowest BCUT2D eigenvalue weighted by Gasteiger charge is -2.50. The lowest BCUT2D eigenvalue weighted by atomic mass is 9.94. The van der Waals surface area contributed by atoms with Gasteiger partial charge in [0.2, 0.25) is 5.91 Å². The highest BCUT2D eigenvalue weighted by Crippen LogP contribution is 2.42. The number of carbonyl (C=O) groups is 1. The van der Waals surface area contributed by atoms with Gasteiger partial charge in [-0.1, -0.05) is 0 Å². The quantitative estimate of drug-likeness (QED) is 0.0763. The molecular formula is C32H56NO26P. The fourth-order valence-corrected chi connectivity index (χ4v) is 8.08. The summed E-state index contributed by atoms with van der Waals surface area (Å²) in [5, 5.41) is 131. The molecule has 0 aromatic rings. The molecule has 5 heterocycles. The summed E-state index contributed by atoms with van der Waals surface area (Å²) >= 11 is 0. The Kier molecular flexibility index (Phi) is 16.8. The Bertz CT molecular complexity index is 1450. The van der Waals surface area contributed by atoms with Crippen LogP contribution in [-0.4, -0.2) is 244 Å². The third-order valence-corrected chi connectivity index (χ3v) is 11.4. The van der Waals surface area contributed by atoms with Crippen molar-refractivity contribution in [3.05, 3.63) is 0 Å². The first kappa shape index (κ1) is 49.8. The second-order valence-electron chi connectivity index (χ2n) is 15.2. The fourth-order valence-electron chi connectivity index (χ4n) is 7.51. The van der Waals surface area contributed by atoms with E-state index >= 15 is 0 Å². The first-order valence-electron chi connectivity index (χ1n) is 18.9. The number of carbonyl (C=O) groups excluding carboxylic acids is 1. The van der Waals surface area contributed by atoms with Crippen LogP contribution in [0.15, 0.2) is 0 Å². The maximum absolute atomic E-state index is 12.6. The van der Waals surface area contributed by atoms with Gasteiger partial charge in [0, 0.05) is 6.92 Å². The molecule has 5 saturated heterocycles. The minimum absolute atomic E-state index is 0.792. The van der Waals surface area contributed by atoms with E-state index in [-0.39, 0.29) is 0 Å². The Labute approximate surface area is 341 Å². The number of aliphatic hydroxyl groups is 12. The molecule has 0 spiro atoms. The Morgan fingerprint density at radius 1 is 0.517 bits per heavy atom. The van der Waals surface area contributed by atoms with Gasteiger partial charge in [-0.25, -0.2) is 4.57 Å². The number of amides is 1. The molecule has 5 aliphatic rings. The number of rotatable bonds is 13. The van der Waals surface area contributed by atoms with E-state index < -0.39 is 180 Å². The van der Waals surface area contributed by atoms with Gasteiger partial charge in [0.25, 0.3) is 0 Å². The standard InChI is InChI=1S/C32H56NO26P/c1-7-14(37)18(41)20(43)30(51-7)57-26-16(39)8(2)50-28(46)27(26)58-29-13(33-10(4)36)24(17(40)11(5-34)53-29)55-32-22(45)25(15(38)9(3)52-32)56-31-21(44)19(42)23(12(6-35)54-31)59-60(47,48)49/h7-9,11-32,34-35,37-46H,5-6H2,1-4H3,(H,33,36)(H2,47,48,49)/t7-,8+,9+,11-,12-,13-,14+,15-,16-,17-,18+,19-,20+,21-,22+,23-,24-,25-,26-,27+,28+,29+,30-,31-,32+/m1/s1. The Hall–Kier alpha value is -1.26. The van der Waals surface area contributed by atoms with Crippen LogP contribution >= 0.6 is 7.82 Å². The van der Waals surface area contributed by atoms with Gasteiger partial charge in [0.05, 0.1) is 31.5 Å². The summed E-state index contributed by atoms with van der Waals surface area (Å²) in [6.07, 6.45) is -42.3. The number of hydrogen-bond donors (Lipinski definition) is 15. The van der Waals surface area contributed by atoms with Crippen LogP contribution in [0.3, 0.4) is 0 Å². The molecule has 28 heteroatoms. The van der Waals surface area contributed by atoms with Crippen molar-refractivity contribution in [1.29, 1.82) is 0 Å². The molecule has 0 unspecified atom stereocenters. The molecular weight excluding hydrogens is 845 g/mol. The molecule has 0 aromatic heterocycles. The van der Waals surface area contributed by atoms with E-state index in [9.17, 15) is 80.4 Å². The predicted molar refractivity (Wildman–Crippen MR) is 185 cm³/mol. The molecule has 0 radical (unpaired) electrons. The average Bonchev–Trinajstić information content (AvgIpc) is 3.17. The lowest BCUT2D eigenvalue weighted by molar-refractivity contribution is -0.388. The van der Waals surface area contributed by atoms with Crippen LogP contribution in [0.5, 0.6) is 0 Å². The van der Waals surface area contributed by atoms with Crippen molar-refractivity contribution in [2.45, 2.75) is 181 Å². The summed E-state index contributed by atoms with van der Waals surface area (Å²) in [6.45, 7) is 3.10. The molecule has 350 valence electrons. The van der Waals surface area contributed by atoms with Crippen LogP contribution in [0.2, 0.25) is 0 Å². The van der Waals surface area contributed by atoms with Crippen LogP contribution in [0.4, 0.5) is 0 Å². The predicted octanol–water partition coefficient (Wildman–Crippen LogP) is -8.58. The van der Waals surface area contributed by atoms with E-state index in [0.29, 0.717) is 0 Å². The van der Waals surface area contributed by atoms with Crippen molar-refractivity contribution in [3.8, 4) is 0 Å². The van der Waals surface area contributed by atoms with Crippen LogP contribution in [0.1, 0.15) is 27.7 Å². The molecule has 27 nitrogen and oxygen atoms in total. The molecule has 25 atom stereocenters. The van der Waals surface area contributed by atoms with Crippen LogP contribution in [-0.2, 0) is 56.5 Å². The van der Waals surface area contributed by atoms with Crippen molar-refractivity contribution in [3.63, 3.8) is 0 Å². The monoisotopic (exact) mass is 901 g/mol. The van der Waals surface area contributed by atoms with Gasteiger partial charge >= 0.3 is 7.82 Å². The van der Waals surface area contributed by atoms with E-state index in [1.165, 1.54) is 20.8 Å². The number of nitrogens with one attached hydrogen (secondary N) is 1. The van der Waals surface area contributed by atoms with E-state index in [1.807, 2.05) is 0 Å². The Morgan fingerprint density at radius 2 is 0.983 bits per heavy atom.